The number of rotatable bonds is 5. The summed E-state index contributed by atoms with van der Waals surface area (Å²) in [5.74, 6) is 0. The molecule has 0 radical (unpaired) electrons. The summed E-state index contributed by atoms with van der Waals surface area (Å²) in [4.78, 5) is 9.01. The van der Waals surface area contributed by atoms with Crippen LogP contribution in [0.1, 0.15) is 24.1 Å². The van der Waals surface area contributed by atoms with Crippen molar-refractivity contribution in [3.05, 3.63) is 80.8 Å². The van der Waals surface area contributed by atoms with Crippen LogP contribution in [0.5, 0.6) is 0 Å². The molecule has 1 N–H and O–H groups in total. The second kappa shape index (κ2) is 7.47. The van der Waals surface area contributed by atoms with E-state index in [4.69, 9.17) is 16.3 Å². The molecular formula is C23H18ClIN2O2. The van der Waals surface area contributed by atoms with Gasteiger partial charge in [-0.1, -0.05) is 42.5 Å². The number of aliphatic hydroxyl groups is 1. The molecule has 1 aliphatic rings. The number of hydrogen-bond acceptors (Lipinski definition) is 4. The number of halogens is 2. The van der Waals surface area contributed by atoms with Gasteiger partial charge in [-0.3, -0.25) is 0 Å². The van der Waals surface area contributed by atoms with Gasteiger partial charge in [0.15, 0.2) is 5.60 Å². The monoisotopic (exact) mass is 516 g/mol. The molecular weight excluding hydrogens is 499 g/mol. The van der Waals surface area contributed by atoms with E-state index in [1.54, 1.807) is 0 Å². The molecule has 0 bridgehead atoms. The maximum absolute atomic E-state index is 10.8. The van der Waals surface area contributed by atoms with Crippen LogP contribution in [0.3, 0.4) is 0 Å². The quantitative estimate of drug-likeness (QED) is 0.283. The lowest BCUT2D eigenvalue weighted by Gasteiger charge is -2.34. The normalized spacial score (nSPS) is 16.2. The molecule has 29 heavy (non-hydrogen) atoms. The van der Waals surface area contributed by atoms with Crippen molar-refractivity contribution in [3.8, 4) is 0 Å². The lowest BCUT2D eigenvalue weighted by atomic mass is 9.85. The zero-order chi connectivity index (χ0) is 20.0. The largest absolute Gasteiger partial charge is 0.393 e. The first-order valence-corrected chi connectivity index (χ1v) is 11.0. The lowest BCUT2D eigenvalue weighted by molar-refractivity contribution is -0.0663. The maximum atomic E-state index is 10.8. The molecule has 0 saturated heterocycles. The van der Waals surface area contributed by atoms with E-state index in [2.05, 4.69) is 50.8 Å². The molecule has 1 aromatic heterocycles. The van der Waals surface area contributed by atoms with Crippen molar-refractivity contribution < 1.29 is 9.84 Å². The van der Waals surface area contributed by atoms with E-state index < -0.39 is 5.60 Å². The Labute approximate surface area is 187 Å². The first-order valence-electron chi connectivity index (χ1n) is 9.51. The van der Waals surface area contributed by atoms with E-state index in [0.717, 1.165) is 43.7 Å². The highest BCUT2D eigenvalue weighted by atomic mass is 127. The molecule has 1 fully saturated rings. The fraction of sp³-hybridized carbons (Fsp3) is 0.217. The van der Waals surface area contributed by atoms with Crippen molar-refractivity contribution in [2.75, 3.05) is 6.61 Å². The third-order valence-electron chi connectivity index (χ3n) is 5.35. The third-order valence-corrected chi connectivity index (χ3v) is 6.19. The Kier molecular flexibility index (Phi) is 4.94. The van der Waals surface area contributed by atoms with Gasteiger partial charge >= 0.3 is 0 Å². The van der Waals surface area contributed by atoms with Crippen molar-refractivity contribution in [3.63, 3.8) is 0 Å². The van der Waals surface area contributed by atoms with Crippen molar-refractivity contribution in [1.82, 2.24) is 9.97 Å². The van der Waals surface area contributed by atoms with Gasteiger partial charge in [-0.15, -0.1) is 0 Å². The van der Waals surface area contributed by atoms with Crippen LogP contribution in [0.15, 0.2) is 60.7 Å². The van der Waals surface area contributed by atoms with Gasteiger partial charge in [-0.05, 0) is 76.0 Å². The molecule has 1 atom stereocenters. The second-order valence-corrected chi connectivity index (χ2v) is 8.92. The van der Waals surface area contributed by atoms with Crippen molar-refractivity contribution >= 4 is 55.9 Å². The average molecular weight is 517 g/mol. The highest BCUT2D eigenvalue weighted by Gasteiger charge is 2.44. The van der Waals surface area contributed by atoms with E-state index in [9.17, 15) is 5.11 Å². The summed E-state index contributed by atoms with van der Waals surface area (Å²) in [6, 6.07) is 20.1. The summed E-state index contributed by atoms with van der Waals surface area (Å²) < 4.78 is 7.63. The molecule has 3 aromatic carbocycles. The maximum Gasteiger partial charge on any atom is 0.223 e. The van der Waals surface area contributed by atoms with E-state index in [0.29, 0.717) is 5.69 Å². The average Bonchev–Trinajstić information content (AvgIpc) is 3.55. The number of benzene rings is 3. The van der Waals surface area contributed by atoms with Gasteiger partial charge in [-0.25, -0.2) is 9.97 Å². The summed E-state index contributed by atoms with van der Waals surface area (Å²) in [6.07, 6.45) is 2.04. The van der Waals surface area contributed by atoms with Crippen LogP contribution >= 0.6 is 34.2 Å². The molecule has 1 heterocycles. The number of aliphatic hydroxyl groups excluding tert-OH is 1. The first-order chi connectivity index (χ1) is 14.1. The summed E-state index contributed by atoms with van der Waals surface area (Å²) in [5, 5.41) is 13.9. The summed E-state index contributed by atoms with van der Waals surface area (Å²) in [7, 11) is 0. The van der Waals surface area contributed by atoms with Crippen LogP contribution in [0, 0.1) is 3.57 Å². The molecule has 1 unspecified atom stereocenters. The van der Waals surface area contributed by atoms with Crippen molar-refractivity contribution in [2.24, 2.45) is 0 Å². The minimum Gasteiger partial charge on any atom is -0.393 e. The van der Waals surface area contributed by atoms with Crippen LogP contribution in [0.4, 0.5) is 0 Å². The summed E-state index contributed by atoms with van der Waals surface area (Å²) in [6.45, 7) is -0.245. The molecule has 0 spiro atoms. The van der Waals surface area contributed by atoms with Crippen LogP contribution in [0.25, 0.3) is 21.7 Å². The SMILES string of the molecule is OCC(OC1CC1)(c1cccc2ccccc12)c1nc(Cl)nc2ccc(I)cc12. The topological polar surface area (TPSA) is 55.2 Å². The van der Waals surface area contributed by atoms with Gasteiger partial charge in [0, 0.05) is 14.5 Å². The first kappa shape index (κ1) is 19.2. The molecule has 0 amide bonds. The van der Waals surface area contributed by atoms with E-state index in [-0.39, 0.29) is 18.0 Å². The minimum atomic E-state index is -1.13. The number of ether oxygens (including phenoxy) is 1. The molecule has 6 heteroatoms. The van der Waals surface area contributed by atoms with Gasteiger partial charge in [0.1, 0.15) is 0 Å². The Morgan fingerprint density at radius 3 is 2.62 bits per heavy atom. The molecule has 146 valence electrons. The van der Waals surface area contributed by atoms with Crippen LogP contribution in [-0.2, 0) is 10.3 Å². The van der Waals surface area contributed by atoms with Gasteiger partial charge in [0.2, 0.25) is 5.28 Å². The highest BCUT2D eigenvalue weighted by molar-refractivity contribution is 14.1. The summed E-state index contributed by atoms with van der Waals surface area (Å²) >= 11 is 8.59. The van der Waals surface area contributed by atoms with Gasteiger partial charge < -0.3 is 9.84 Å². The van der Waals surface area contributed by atoms with Gasteiger partial charge in [-0.2, -0.15) is 0 Å². The fourth-order valence-corrected chi connectivity index (χ4v) is 4.54. The Hall–Kier alpha value is -1.80. The van der Waals surface area contributed by atoms with Crippen molar-refractivity contribution in [2.45, 2.75) is 24.5 Å². The second-order valence-electron chi connectivity index (χ2n) is 7.33. The predicted molar refractivity (Wildman–Crippen MR) is 123 cm³/mol. The third kappa shape index (κ3) is 3.40. The Bertz CT molecular complexity index is 1220. The zero-order valence-electron chi connectivity index (χ0n) is 15.5. The number of hydrogen-bond donors (Lipinski definition) is 1. The Balaban J connectivity index is 1.87. The molecule has 1 saturated carbocycles. The van der Waals surface area contributed by atoms with Crippen LogP contribution in [0.2, 0.25) is 5.28 Å². The minimum absolute atomic E-state index is 0.0905. The Morgan fingerprint density at radius 2 is 1.83 bits per heavy atom. The zero-order valence-corrected chi connectivity index (χ0v) is 18.4. The number of nitrogens with zero attached hydrogens (tertiary/aromatic N) is 2. The van der Waals surface area contributed by atoms with Gasteiger partial charge in [0.25, 0.3) is 0 Å². The number of fused-ring (bicyclic) bond motifs is 2. The lowest BCUT2D eigenvalue weighted by Crippen LogP contribution is -2.38. The van der Waals surface area contributed by atoms with Crippen LogP contribution in [-0.4, -0.2) is 27.8 Å². The molecule has 5 rings (SSSR count). The molecule has 1 aliphatic carbocycles. The van der Waals surface area contributed by atoms with E-state index in [1.165, 1.54) is 0 Å². The highest BCUT2D eigenvalue weighted by Crippen LogP contribution is 2.44. The van der Waals surface area contributed by atoms with Gasteiger partial charge in [0.05, 0.1) is 23.9 Å². The van der Waals surface area contributed by atoms with Crippen LogP contribution < -0.4 is 0 Å². The summed E-state index contributed by atoms with van der Waals surface area (Å²) in [5.41, 5.74) is 1.10. The fourth-order valence-electron chi connectivity index (χ4n) is 3.87. The van der Waals surface area contributed by atoms with E-state index in [1.807, 2.05) is 42.5 Å². The van der Waals surface area contributed by atoms with E-state index >= 15 is 0 Å². The Morgan fingerprint density at radius 1 is 1.03 bits per heavy atom. The molecule has 4 aromatic rings. The van der Waals surface area contributed by atoms with Crippen molar-refractivity contribution in [1.29, 1.82) is 0 Å². The smallest absolute Gasteiger partial charge is 0.223 e. The standard InChI is InChI=1S/C23H18ClIN2O2/c24-22-26-20-11-8-15(25)12-18(20)21(27-22)23(13-28,29-16-9-10-16)19-7-3-5-14-4-1-2-6-17(14)19/h1-8,11-12,16,28H,9-10,13H2. The number of aromatic nitrogens is 2. The molecule has 4 nitrogen and oxygen atoms in total. The predicted octanol–water partition coefficient (Wildman–Crippen LogP) is 5.46. The molecule has 0 aliphatic heterocycles.